The van der Waals surface area contributed by atoms with E-state index in [1.165, 1.54) is 18.0 Å². The predicted molar refractivity (Wildman–Crippen MR) is 80.3 cm³/mol. The maximum absolute atomic E-state index is 12.3. The minimum atomic E-state index is -0.382. The number of nitrogens with zero attached hydrogens (tertiary/aromatic N) is 3. The monoisotopic (exact) mass is 302 g/mol. The molecule has 0 amide bonds. The van der Waals surface area contributed by atoms with Gasteiger partial charge >= 0.3 is 0 Å². The second-order valence-corrected chi connectivity index (χ2v) is 5.66. The summed E-state index contributed by atoms with van der Waals surface area (Å²) in [6.07, 6.45) is 1.29. The van der Waals surface area contributed by atoms with Gasteiger partial charge < -0.3 is 10.5 Å². The highest BCUT2D eigenvalue weighted by Crippen LogP contribution is 2.26. The van der Waals surface area contributed by atoms with Crippen molar-refractivity contribution in [3.63, 3.8) is 0 Å². The Labute approximate surface area is 126 Å². The number of rotatable bonds is 4. The van der Waals surface area contributed by atoms with E-state index in [0.717, 1.165) is 15.3 Å². The van der Waals surface area contributed by atoms with E-state index in [9.17, 15) is 4.79 Å². The van der Waals surface area contributed by atoms with E-state index in [-0.39, 0.29) is 22.5 Å². The molecule has 1 aromatic heterocycles. The van der Waals surface area contributed by atoms with Gasteiger partial charge in [0.05, 0.1) is 18.6 Å². The molecule has 108 valence electrons. The number of thioether (sulfide) groups is 1. The van der Waals surface area contributed by atoms with Crippen LogP contribution in [0.3, 0.4) is 0 Å². The lowest BCUT2D eigenvalue weighted by molar-refractivity contribution is 0.0902. The third-order valence-corrected chi connectivity index (χ3v) is 3.96. The number of nitriles is 1. The molecule has 1 atom stereocenters. The summed E-state index contributed by atoms with van der Waals surface area (Å²) in [5.41, 5.74) is 5.91. The fourth-order valence-electron chi connectivity index (χ4n) is 1.70. The van der Waals surface area contributed by atoms with Crippen molar-refractivity contribution in [3.05, 3.63) is 36.0 Å². The standard InChI is InChI=1S/C14H14N4O2S/c1-9(21-12-5-3-11(20-2)4-6-12)14(19)18-13(16)10(7-15)8-17-18/h3-6,8-9H,16H2,1-2H3. The van der Waals surface area contributed by atoms with Gasteiger partial charge in [-0.2, -0.15) is 15.0 Å². The number of anilines is 1. The fourth-order valence-corrected chi connectivity index (χ4v) is 2.60. The second-order valence-electron chi connectivity index (χ2n) is 4.24. The molecule has 0 saturated carbocycles. The highest BCUT2D eigenvalue weighted by Gasteiger charge is 2.20. The molecule has 1 unspecified atom stereocenters. The molecule has 0 bridgehead atoms. The summed E-state index contributed by atoms with van der Waals surface area (Å²) >= 11 is 1.39. The Kier molecular flexibility index (Phi) is 4.50. The maximum Gasteiger partial charge on any atom is 0.261 e. The van der Waals surface area contributed by atoms with Gasteiger partial charge in [0.25, 0.3) is 5.91 Å². The molecule has 0 radical (unpaired) electrons. The van der Waals surface area contributed by atoms with Gasteiger partial charge in [-0.25, -0.2) is 0 Å². The molecule has 0 aliphatic heterocycles. The van der Waals surface area contributed by atoms with Crippen molar-refractivity contribution in [2.24, 2.45) is 0 Å². The van der Waals surface area contributed by atoms with Gasteiger partial charge in [-0.3, -0.25) is 4.79 Å². The summed E-state index contributed by atoms with van der Waals surface area (Å²) in [5.74, 6) is 0.563. The molecule has 0 spiro atoms. The number of hydrogen-bond acceptors (Lipinski definition) is 6. The summed E-state index contributed by atoms with van der Waals surface area (Å²) in [4.78, 5) is 13.2. The van der Waals surface area contributed by atoms with Gasteiger partial charge in [-0.1, -0.05) is 0 Å². The molecule has 0 aliphatic rings. The molecule has 2 aromatic rings. The molecule has 2 N–H and O–H groups in total. The van der Waals surface area contributed by atoms with Gasteiger partial charge in [-0.05, 0) is 31.2 Å². The maximum atomic E-state index is 12.3. The van der Waals surface area contributed by atoms with Crippen LogP contribution < -0.4 is 10.5 Å². The van der Waals surface area contributed by atoms with Crippen LogP contribution in [0.5, 0.6) is 5.75 Å². The fraction of sp³-hybridized carbons (Fsp3) is 0.214. The summed E-state index contributed by atoms with van der Waals surface area (Å²) in [7, 11) is 1.60. The van der Waals surface area contributed by atoms with Gasteiger partial charge in [0.2, 0.25) is 0 Å². The lowest BCUT2D eigenvalue weighted by Crippen LogP contribution is -2.24. The van der Waals surface area contributed by atoms with Crippen LogP contribution in [-0.2, 0) is 0 Å². The quantitative estimate of drug-likeness (QED) is 0.870. The van der Waals surface area contributed by atoms with Crippen molar-refractivity contribution in [1.29, 1.82) is 5.26 Å². The number of carbonyl (C=O) groups is 1. The van der Waals surface area contributed by atoms with E-state index in [2.05, 4.69) is 5.10 Å². The zero-order chi connectivity index (χ0) is 15.4. The summed E-state index contributed by atoms with van der Waals surface area (Å²) in [5, 5.41) is 12.3. The molecule has 1 aromatic carbocycles. The molecule has 6 nitrogen and oxygen atoms in total. The van der Waals surface area contributed by atoms with Crippen molar-refractivity contribution >= 4 is 23.5 Å². The van der Waals surface area contributed by atoms with Crippen molar-refractivity contribution in [1.82, 2.24) is 9.78 Å². The lowest BCUT2D eigenvalue weighted by Gasteiger charge is -2.11. The zero-order valence-corrected chi connectivity index (χ0v) is 12.4. The van der Waals surface area contributed by atoms with Crippen molar-refractivity contribution in [3.8, 4) is 11.8 Å². The van der Waals surface area contributed by atoms with Crippen molar-refractivity contribution < 1.29 is 9.53 Å². The molecular formula is C14H14N4O2S. The number of hydrogen-bond donors (Lipinski definition) is 1. The lowest BCUT2D eigenvalue weighted by atomic mass is 10.3. The zero-order valence-electron chi connectivity index (χ0n) is 11.6. The van der Waals surface area contributed by atoms with E-state index in [4.69, 9.17) is 15.7 Å². The van der Waals surface area contributed by atoms with Gasteiger partial charge in [0.1, 0.15) is 23.2 Å². The van der Waals surface area contributed by atoms with E-state index in [1.54, 1.807) is 14.0 Å². The first kappa shape index (κ1) is 14.9. The number of ether oxygens (including phenoxy) is 1. The van der Waals surface area contributed by atoms with Crippen LogP contribution in [-0.4, -0.2) is 28.0 Å². The average molecular weight is 302 g/mol. The van der Waals surface area contributed by atoms with Crippen LogP contribution in [0, 0.1) is 11.3 Å². The molecule has 0 aliphatic carbocycles. The molecule has 2 rings (SSSR count). The molecule has 0 fully saturated rings. The van der Waals surface area contributed by atoms with E-state index < -0.39 is 0 Å². The van der Waals surface area contributed by atoms with Crippen LogP contribution in [0.1, 0.15) is 17.3 Å². The average Bonchev–Trinajstić information content (AvgIpc) is 2.88. The van der Waals surface area contributed by atoms with Gasteiger partial charge in [0.15, 0.2) is 0 Å². The Morgan fingerprint density at radius 3 is 2.67 bits per heavy atom. The van der Waals surface area contributed by atoms with Crippen LogP contribution in [0.4, 0.5) is 5.82 Å². The Morgan fingerprint density at radius 2 is 2.14 bits per heavy atom. The van der Waals surface area contributed by atoms with Gasteiger partial charge in [0, 0.05) is 4.90 Å². The number of methoxy groups -OCH3 is 1. The van der Waals surface area contributed by atoms with E-state index in [1.807, 2.05) is 30.3 Å². The van der Waals surface area contributed by atoms with E-state index in [0.29, 0.717) is 0 Å². The number of nitrogen functional groups attached to an aromatic ring is 1. The SMILES string of the molecule is COc1ccc(SC(C)C(=O)n2ncc(C#N)c2N)cc1. The Balaban J connectivity index is 2.11. The molecule has 21 heavy (non-hydrogen) atoms. The highest BCUT2D eigenvalue weighted by molar-refractivity contribution is 8.00. The third-order valence-electron chi connectivity index (χ3n) is 2.86. The Morgan fingerprint density at radius 1 is 1.48 bits per heavy atom. The smallest absolute Gasteiger partial charge is 0.261 e. The number of aromatic nitrogens is 2. The molecule has 7 heteroatoms. The number of nitrogens with two attached hydrogens (primary N) is 1. The largest absolute Gasteiger partial charge is 0.497 e. The topological polar surface area (TPSA) is 93.9 Å². The van der Waals surface area contributed by atoms with Crippen LogP contribution in [0.2, 0.25) is 0 Å². The van der Waals surface area contributed by atoms with Crippen LogP contribution >= 0.6 is 11.8 Å². The first-order valence-corrected chi connectivity index (χ1v) is 7.03. The summed E-state index contributed by atoms with van der Waals surface area (Å²) < 4.78 is 6.15. The number of benzene rings is 1. The predicted octanol–water partition coefficient (Wildman–Crippen LogP) is 2.17. The number of carbonyl (C=O) groups excluding carboxylic acids is 1. The second kappa shape index (κ2) is 6.33. The van der Waals surface area contributed by atoms with E-state index >= 15 is 0 Å². The summed E-state index contributed by atoms with van der Waals surface area (Å²) in [6, 6.07) is 9.30. The van der Waals surface area contributed by atoms with Gasteiger partial charge in [-0.15, -0.1) is 11.8 Å². The van der Waals surface area contributed by atoms with Crippen molar-refractivity contribution in [2.75, 3.05) is 12.8 Å². The van der Waals surface area contributed by atoms with Crippen molar-refractivity contribution in [2.45, 2.75) is 17.1 Å². The first-order chi connectivity index (χ1) is 10.1. The highest BCUT2D eigenvalue weighted by atomic mass is 32.2. The molecule has 0 saturated heterocycles. The normalized spacial score (nSPS) is 11.7. The summed E-state index contributed by atoms with van der Waals surface area (Å²) in [6.45, 7) is 1.77. The third kappa shape index (κ3) is 3.17. The first-order valence-electron chi connectivity index (χ1n) is 6.15. The minimum absolute atomic E-state index is 0.0738. The van der Waals surface area contributed by atoms with Crippen LogP contribution in [0.15, 0.2) is 35.4 Å². The Hall–Kier alpha value is -2.46. The minimum Gasteiger partial charge on any atom is -0.497 e. The molecular weight excluding hydrogens is 288 g/mol. The molecule has 1 heterocycles. The Bertz CT molecular complexity index is 688. The van der Waals surface area contributed by atoms with Crippen LogP contribution in [0.25, 0.3) is 0 Å².